The summed E-state index contributed by atoms with van der Waals surface area (Å²) in [6.45, 7) is 3.19. The second kappa shape index (κ2) is 6.60. The Morgan fingerprint density at radius 1 is 1.04 bits per heavy atom. The van der Waals surface area contributed by atoms with Gasteiger partial charge in [-0.25, -0.2) is 0 Å². The number of piperazine rings is 1. The standard InChI is InChI=1S/C17H23N3O4/c1-19-5-7-20(8-6-19)17(21)11-10-18-12-9-13(22-2)15(23-3)16(24-4)14(11)12/h9-10,18H,5-8H2,1-4H3. The molecule has 0 unspecified atom stereocenters. The van der Waals surface area contributed by atoms with Crippen LogP contribution in [0.5, 0.6) is 17.2 Å². The molecule has 0 spiro atoms. The molecule has 1 amide bonds. The summed E-state index contributed by atoms with van der Waals surface area (Å²) in [7, 11) is 6.75. The number of H-pyrrole nitrogens is 1. The maximum Gasteiger partial charge on any atom is 0.256 e. The van der Waals surface area contributed by atoms with Gasteiger partial charge in [0.1, 0.15) is 0 Å². The molecule has 0 atom stereocenters. The lowest BCUT2D eigenvalue weighted by molar-refractivity contribution is 0.0666. The summed E-state index contributed by atoms with van der Waals surface area (Å²) in [4.78, 5) is 20.2. The van der Waals surface area contributed by atoms with Gasteiger partial charge in [0.25, 0.3) is 5.91 Å². The summed E-state index contributed by atoms with van der Waals surface area (Å²) < 4.78 is 16.3. The van der Waals surface area contributed by atoms with Crippen molar-refractivity contribution in [3.63, 3.8) is 0 Å². The first-order chi connectivity index (χ1) is 11.6. The number of aromatic amines is 1. The van der Waals surface area contributed by atoms with Crippen LogP contribution in [0.4, 0.5) is 0 Å². The Morgan fingerprint density at radius 3 is 2.29 bits per heavy atom. The topological polar surface area (TPSA) is 67.0 Å². The van der Waals surface area contributed by atoms with Gasteiger partial charge >= 0.3 is 0 Å². The fourth-order valence-electron chi connectivity index (χ4n) is 3.11. The van der Waals surface area contributed by atoms with E-state index in [9.17, 15) is 4.79 Å². The van der Waals surface area contributed by atoms with Crippen LogP contribution in [-0.2, 0) is 0 Å². The van der Waals surface area contributed by atoms with Gasteiger partial charge in [0, 0.05) is 38.4 Å². The monoisotopic (exact) mass is 333 g/mol. The Kier molecular flexibility index (Phi) is 4.53. The van der Waals surface area contributed by atoms with E-state index < -0.39 is 0 Å². The van der Waals surface area contributed by atoms with Crippen molar-refractivity contribution in [2.75, 3.05) is 54.6 Å². The minimum atomic E-state index is -0.000120. The van der Waals surface area contributed by atoms with Gasteiger partial charge in [0.05, 0.1) is 37.8 Å². The number of nitrogens with one attached hydrogen (secondary N) is 1. The summed E-state index contributed by atoms with van der Waals surface area (Å²) in [5, 5.41) is 0.721. The molecule has 1 aliphatic rings. The Hall–Kier alpha value is -2.41. The fraction of sp³-hybridized carbons (Fsp3) is 0.471. The molecule has 1 saturated heterocycles. The number of aromatic nitrogens is 1. The number of hydrogen-bond donors (Lipinski definition) is 1. The van der Waals surface area contributed by atoms with Crippen LogP contribution in [0, 0.1) is 0 Å². The molecule has 2 heterocycles. The van der Waals surface area contributed by atoms with Gasteiger partial charge in [-0.1, -0.05) is 0 Å². The van der Waals surface area contributed by atoms with Crippen molar-refractivity contribution in [1.82, 2.24) is 14.8 Å². The zero-order chi connectivity index (χ0) is 17.3. The number of hydrogen-bond acceptors (Lipinski definition) is 5. The molecular weight excluding hydrogens is 310 g/mol. The van der Waals surface area contributed by atoms with Crippen molar-refractivity contribution < 1.29 is 19.0 Å². The summed E-state index contributed by atoms with van der Waals surface area (Å²) in [6, 6.07) is 1.82. The molecule has 7 heteroatoms. The number of likely N-dealkylation sites (N-methyl/N-ethyl adjacent to an activating group) is 1. The minimum absolute atomic E-state index is 0.000120. The summed E-state index contributed by atoms with van der Waals surface area (Å²) >= 11 is 0. The van der Waals surface area contributed by atoms with E-state index in [0.29, 0.717) is 22.8 Å². The van der Waals surface area contributed by atoms with Crippen LogP contribution >= 0.6 is 0 Å². The Labute approximate surface area is 141 Å². The first-order valence-corrected chi connectivity index (χ1v) is 7.88. The molecule has 1 aromatic carbocycles. The Balaban J connectivity index is 2.07. The number of ether oxygens (including phenoxy) is 3. The third kappa shape index (κ3) is 2.65. The highest BCUT2D eigenvalue weighted by atomic mass is 16.5. The number of methoxy groups -OCH3 is 3. The normalized spacial score (nSPS) is 15.6. The molecular formula is C17H23N3O4. The van der Waals surface area contributed by atoms with Gasteiger partial charge in [-0.05, 0) is 7.05 Å². The quantitative estimate of drug-likeness (QED) is 0.920. The molecule has 0 aliphatic carbocycles. The predicted molar refractivity (Wildman–Crippen MR) is 91.4 cm³/mol. The van der Waals surface area contributed by atoms with Crippen molar-refractivity contribution in [3.8, 4) is 17.2 Å². The largest absolute Gasteiger partial charge is 0.493 e. The van der Waals surface area contributed by atoms with E-state index in [0.717, 1.165) is 37.1 Å². The van der Waals surface area contributed by atoms with E-state index in [1.807, 2.05) is 11.0 Å². The molecule has 0 saturated carbocycles. The van der Waals surface area contributed by atoms with Crippen LogP contribution in [0.15, 0.2) is 12.3 Å². The van der Waals surface area contributed by atoms with Crippen LogP contribution in [0.25, 0.3) is 10.9 Å². The van der Waals surface area contributed by atoms with Crippen molar-refractivity contribution in [2.24, 2.45) is 0 Å². The highest BCUT2D eigenvalue weighted by molar-refractivity contribution is 6.10. The number of carbonyl (C=O) groups excluding carboxylic acids is 1. The molecule has 0 radical (unpaired) electrons. The molecule has 3 rings (SSSR count). The van der Waals surface area contributed by atoms with Gasteiger partial charge in [0.15, 0.2) is 11.5 Å². The van der Waals surface area contributed by atoms with Crippen LogP contribution in [-0.4, -0.2) is 75.2 Å². The number of carbonyl (C=O) groups is 1. The lowest BCUT2D eigenvalue weighted by atomic mass is 10.1. The van der Waals surface area contributed by atoms with Crippen molar-refractivity contribution >= 4 is 16.8 Å². The fourth-order valence-corrected chi connectivity index (χ4v) is 3.11. The van der Waals surface area contributed by atoms with E-state index in [1.165, 1.54) is 0 Å². The van der Waals surface area contributed by atoms with Crippen LogP contribution in [0.2, 0.25) is 0 Å². The van der Waals surface area contributed by atoms with E-state index in [4.69, 9.17) is 14.2 Å². The third-order valence-electron chi connectivity index (χ3n) is 4.49. The number of nitrogens with zero attached hydrogens (tertiary/aromatic N) is 2. The van der Waals surface area contributed by atoms with Crippen molar-refractivity contribution in [1.29, 1.82) is 0 Å². The van der Waals surface area contributed by atoms with E-state index >= 15 is 0 Å². The lowest BCUT2D eigenvalue weighted by Gasteiger charge is -2.32. The van der Waals surface area contributed by atoms with Gasteiger partial charge in [0.2, 0.25) is 5.75 Å². The molecule has 1 N–H and O–H groups in total. The van der Waals surface area contributed by atoms with Gasteiger partial charge < -0.3 is 29.0 Å². The zero-order valence-electron chi connectivity index (χ0n) is 14.5. The van der Waals surface area contributed by atoms with Gasteiger partial charge in [-0.3, -0.25) is 4.79 Å². The molecule has 2 aromatic rings. The maximum atomic E-state index is 13.0. The number of rotatable bonds is 4. The molecule has 0 bridgehead atoms. The molecule has 7 nitrogen and oxygen atoms in total. The average Bonchev–Trinajstić information content (AvgIpc) is 3.03. The predicted octanol–water partition coefficient (Wildman–Crippen LogP) is 1.58. The summed E-state index contributed by atoms with van der Waals surface area (Å²) in [6.07, 6.45) is 1.73. The van der Waals surface area contributed by atoms with Crippen molar-refractivity contribution in [3.05, 3.63) is 17.8 Å². The molecule has 130 valence electrons. The highest BCUT2D eigenvalue weighted by Gasteiger charge is 2.26. The van der Waals surface area contributed by atoms with E-state index in [1.54, 1.807) is 27.5 Å². The highest BCUT2D eigenvalue weighted by Crippen LogP contribution is 2.44. The molecule has 1 aliphatic heterocycles. The minimum Gasteiger partial charge on any atom is -0.493 e. The summed E-state index contributed by atoms with van der Waals surface area (Å²) in [5.74, 6) is 1.55. The second-order valence-corrected chi connectivity index (χ2v) is 5.87. The molecule has 24 heavy (non-hydrogen) atoms. The number of fused-ring (bicyclic) bond motifs is 1. The lowest BCUT2D eigenvalue weighted by Crippen LogP contribution is -2.47. The van der Waals surface area contributed by atoms with E-state index in [-0.39, 0.29) is 5.91 Å². The Bertz CT molecular complexity index is 748. The summed E-state index contributed by atoms with van der Waals surface area (Å²) in [5.41, 5.74) is 1.37. The van der Waals surface area contributed by atoms with Gasteiger partial charge in [-0.15, -0.1) is 0 Å². The first-order valence-electron chi connectivity index (χ1n) is 7.88. The van der Waals surface area contributed by atoms with Crippen LogP contribution in [0.1, 0.15) is 10.4 Å². The van der Waals surface area contributed by atoms with Gasteiger partial charge in [-0.2, -0.15) is 0 Å². The van der Waals surface area contributed by atoms with E-state index in [2.05, 4.69) is 16.9 Å². The third-order valence-corrected chi connectivity index (χ3v) is 4.49. The SMILES string of the molecule is COc1cc2[nH]cc(C(=O)N3CCN(C)CC3)c2c(OC)c1OC. The van der Waals surface area contributed by atoms with Crippen molar-refractivity contribution in [2.45, 2.75) is 0 Å². The Morgan fingerprint density at radius 2 is 1.71 bits per heavy atom. The van der Waals surface area contributed by atoms with Crippen LogP contribution < -0.4 is 14.2 Å². The van der Waals surface area contributed by atoms with Crippen LogP contribution in [0.3, 0.4) is 0 Å². The number of benzene rings is 1. The average molecular weight is 333 g/mol. The smallest absolute Gasteiger partial charge is 0.256 e. The number of amides is 1. The molecule has 1 fully saturated rings. The first kappa shape index (κ1) is 16.4. The second-order valence-electron chi connectivity index (χ2n) is 5.87. The molecule has 1 aromatic heterocycles. The zero-order valence-corrected chi connectivity index (χ0v) is 14.5. The maximum absolute atomic E-state index is 13.0.